The monoisotopic (exact) mass is 262 g/mol. The fourth-order valence-corrected chi connectivity index (χ4v) is 2.08. The Hall–Kier alpha value is -1.55. The summed E-state index contributed by atoms with van der Waals surface area (Å²) in [7, 11) is 1.62. The van der Waals surface area contributed by atoms with Gasteiger partial charge in [0.25, 0.3) is 0 Å². The molecule has 0 saturated heterocycles. The van der Waals surface area contributed by atoms with E-state index in [0.29, 0.717) is 5.84 Å². The number of hydrogen-bond donors (Lipinski definition) is 0. The Morgan fingerprint density at radius 3 is 2.21 bits per heavy atom. The minimum atomic E-state index is -0.577. The molecule has 1 aromatic carbocycles. The zero-order valence-corrected chi connectivity index (χ0v) is 12.5. The van der Waals surface area contributed by atoms with Crippen LogP contribution in [0.25, 0.3) is 0 Å². The Balaban J connectivity index is 2.29. The molecular weight excluding hydrogens is 240 g/mol. The summed E-state index contributed by atoms with van der Waals surface area (Å²) in [6.07, 6.45) is 0. The molecule has 0 N–H and O–H groups in total. The van der Waals surface area contributed by atoms with Gasteiger partial charge in [-0.15, -0.1) is 0 Å². The van der Waals surface area contributed by atoms with Gasteiger partial charge in [-0.2, -0.15) is 5.06 Å². The van der Waals surface area contributed by atoms with E-state index in [2.05, 4.69) is 50.2 Å². The van der Waals surface area contributed by atoms with Crippen LogP contribution in [-0.2, 0) is 15.1 Å². The molecule has 0 aromatic heterocycles. The molecule has 19 heavy (non-hydrogen) atoms. The van der Waals surface area contributed by atoms with Gasteiger partial charge in [-0.1, -0.05) is 50.2 Å². The van der Waals surface area contributed by atoms with Gasteiger partial charge in [0, 0.05) is 5.56 Å². The van der Waals surface area contributed by atoms with Gasteiger partial charge in [0.15, 0.2) is 0 Å². The molecule has 0 bridgehead atoms. The molecule has 2 rings (SSSR count). The maximum atomic E-state index is 5.40. The molecule has 1 aromatic rings. The molecule has 0 amide bonds. The van der Waals surface area contributed by atoms with Gasteiger partial charge in [0.1, 0.15) is 0 Å². The van der Waals surface area contributed by atoms with Crippen LogP contribution in [0.15, 0.2) is 29.4 Å². The van der Waals surface area contributed by atoms with Gasteiger partial charge in [-0.25, -0.2) is 0 Å². The second-order valence-electron chi connectivity index (χ2n) is 6.26. The molecule has 0 spiro atoms. The molecule has 1 aliphatic heterocycles. The van der Waals surface area contributed by atoms with Crippen molar-refractivity contribution in [3.05, 3.63) is 35.4 Å². The lowest BCUT2D eigenvalue weighted by Crippen LogP contribution is -2.43. The average Bonchev–Trinajstić information content (AvgIpc) is 2.63. The van der Waals surface area contributed by atoms with Gasteiger partial charge < -0.3 is 4.84 Å². The van der Waals surface area contributed by atoms with E-state index in [0.717, 1.165) is 5.56 Å². The van der Waals surface area contributed by atoms with E-state index < -0.39 is 5.72 Å². The van der Waals surface area contributed by atoms with Crippen molar-refractivity contribution in [2.75, 3.05) is 7.11 Å². The summed E-state index contributed by atoms with van der Waals surface area (Å²) >= 11 is 0. The first-order valence-electron chi connectivity index (χ1n) is 6.47. The second-order valence-corrected chi connectivity index (χ2v) is 6.26. The molecule has 0 unspecified atom stereocenters. The summed E-state index contributed by atoms with van der Waals surface area (Å²) in [6.45, 7) is 10.4. The van der Waals surface area contributed by atoms with Crippen LogP contribution >= 0.6 is 0 Å². The fourth-order valence-electron chi connectivity index (χ4n) is 2.08. The molecule has 1 aliphatic rings. The lowest BCUT2D eigenvalue weighted by atomic mass is 9.86. The first-order valence-corrected chi connectivity index (χ1v) is 6.47. The third kappa shape index (κ3) is 2.59. The van der Waals surface area contributed by atoms with Gasteiger partial charge in [0.05, 0.1) is 7.11 Å². The standard InChI is InChI=1S/C15H22N2O2/c1-14(2,3)12-9-7-11(8-10-12)13-16-19-15(4,5)17(13)18-6/h7-10H,1-6H3. The minimum Gasteiger partial charge on any atom is -0.363 e. The zero-order valence-electron chi connectivity index (χ0n) is 12.5. The SMILES string of the molecule is CON1C(c2ccc(C(C)(C)C)cc2)=NOC1(C)C. The van der Waals surface area contributed by atoms with Crippen LogP contribution in [0.2, 0.25) is 0 Å². The van der Waals surface area contributed by atoms with Crippen molar-refractivity contribution >= 4 is 5.84 Å². The van der Waals surface area contributed by atoms with Crippen molar-refractivity contribution in [1.29, 1.82) is 0 Å². The molecule has 0 saturated carbocycles. The minimum absolute atomic E-state index is 0.146. The Bertz CT molecular complexity index is 484. The molecular formula is C15H22N2O2. The zero-order chi connectivity index (χ0) is 14.3. The van der Waals surface area contributed by atoms with Crippen LogP contribution in [0.5, 0.6) is 0 Å². The van der Waals surface area contributed by atoms with Gasteiger partial charge >= 0.3 is 0 Å². The lowest BCUT2D eigenvalue weighted by molar-refractivity contribution is -0.212. The van der Waals surface area contributed by atoms with E-state index in [-0.39, 0.29) is 5.41 Å². The molecule has 0 fully saturated rings. The third-order valence-corrected chi connectivity index (χ3v) is 3.23. The number of nitrogens with zero attached hydrogens (tertiary/aromatic N) is 2. The number of hydrogen-bond acceptors (Lipinski definition) is 4. The summed E-state index contributed by atoms with van der Waals surface area (Å²) < 4.78 is 0. The van der Waals surface area contributed by atoms with E-state index in [1.165, 1.54) is 5.56 Å². The smallest absolute Gasteiger partial charge is 0.228 e. The Kier molecular flexibility index (Phi) is 3.31. The first-order chi connectivity index (χ1) is 8.75. The highest BCUT2D eigenvalue weighted by Crippen LogP contribution is 2.28. The van der Waals surface area contributed by atoms with Crippen molar-refractivity contribution in [1.82, 2.24) is 5.06 Å². The Morgan fingerprint density at radius 1 is 1.16 bits per heavy atom. The maximum absolute atomic E-state index is 5.40. The van der Waals surface area contributed by atoms with E-state index in [9.17, 15) is 0 Å². The van der Waals surface area contributed by atoms with Crippen LogP contribution in [-0.4, -0.2) is 23.7 Å². The molecule has 1 heterocycles. The van der Waals surface area contributed by atoms with E-state index in [1.807, 2.05) is 13.8 Å². The second kappa shape index (κ2) is 4.53. The molecule has 104 valence electrons. The van der Waals surface area contributed by atoms with E-state index >= 15 is 0 Å². The lowest BCUT2D eigenvalue weighted by Gasteiger charge is -2.28. The van der Waals surface area contributed by atoms with Crippen molar-refractivity contribution in [2.24, 2.45) is 5.16 Å². The number of amidine groups is 1. The summed E-state index contributed by atoms with van der Waals surface area (Å²) in [5.74, 6) is 0.702. The van der Waals surface area contributed by atoms with Gasteiger partial charge in [-0.3, -0.25) is 4.84 Å². The van der Waals surface area contributed by atoms with E-state index in [4.69, 9.17) is 9.68 Å². The van der Waals surface area contributed by atoms with Crippen LogP contribution < -0.4 is 0 Å². The van der Waals surface area contributed by atoms with Crippen LogP contribution in [0, 0.1) is 0 Å². The number of oxime groups is 1. The van der Waals surface area contributed by atoms with Crippen molar-refractivity contribution in [2.45, 2.75) is 45.8 Å². The first kappa shape index (κ1) is 13.9. The molecule has 0 radical (unpaired) electrons. The topological polar surface area (TPSA) is 34.1 Å². The number of rotatable bonds is 2. The highest BCUT2D eigenvalue weighted by molar-refractivity contribution is 5.98. The van der Waals surface area contributed by atoms with E-state index in [1.54, 1.807) is 12.2 Å². The number of hydroxylamine groups is 2. The molecule has 4 nitrogen and oxygen atoms in total. The summed E-state index contributed by atoms with van der Waals surface area (Å²) in [5, 5.41) is 5.80. The number of benzene rings is 1. The molecule has 4 heteroatoms. The highest BCUT2D eigenvalue weighted by Gasteiger charge is 2.39. The van der Waals surface area contributed by atoms with Crippen LogP contribution in [0.3, 0.4) is 0 Å². The largest absolute Gasteiger partial charge is 0.363 e. The summed E-state index contributed by atoms with van der Waals surface area (Å²) in [6, 6.07) is 8.35. The quantitative estimate of drug-likeness (QED) is 0.820. The van der Waals surface area contributed by atoms with Crippen LogP contribution in [0.4, 0.5) is 0 Å². The van der Waals surface area contributed by atoms with Crippen molar-refractivity contribution in [3.8, 4) is 0 Å². The van der Waals surface area contributed by atoms with Gasteiger partial charge in [-0.05, 0) is 24.8 Å². The summed E-state index contributed by atoms with van der Waals surface area (Å²) in [4.78, 5) is 10.8. The molecule has 0 atom stereocenters. The predicted octanol–water partition coefficient (Wildman–Crippen LogP) is 3.28. The Labute approximate surface area is 115 Å². The highest BCUT2D eigenvalue weighted by atomic mass is 16.8. The van der Waals surface area contributed by atoms with Crippen molar-refractivity contribution < 1.29 is 9.68 Å². The summed E-state index contributed by atoms with van der Waals surface area (Å²) in [5.41, 5.74) is 1.85. The average molecular weight is 262 g/mol. The van der Waals surface area contributed by atoms with Crippen molar-refractivity contribution in [3.63, 3.8) is 0 Å². The third-order valence-electron chi connectivity index (χ3n) is 3.23. The normalized spacial score (nSPS) is 18.2. The predicted molar refractivity (Wildman–Crippen MR) is 75.7 cm³/mol. The van der Waals surface area contributed by atoms with Gasteiger partial charge in [0.2, 0.25) is 11.6 Å². The van der Waals surface area contributed by atoms with Crippen LogP contribution in [0.1, 0.15) is 45.7 Å². The Morgan fingerprint density at radius 2 is 1.74 bits per heavy atom. The molecule has 0 aliphatic carbocycles. The maximum Gasteiger partial charge on any atom is 0.228 e. The fraction of sp³-hybridized carbons (Fsp3) is 0.533.